The van der Waals surface area contributed by atoms with Crippen molar-refractivity contribution in [2.45, 2.75) is 20.8 Å². The number of aryl methyl sites for hydroxylation is 3. The molecule has 0 saturated heterocycles. The Labute approximate surface area is 200 Å². The number of benzene rings is 5. The SMILES string of the molecule is Cc1ccc(-c2ccc(Br)cc2)cc1.Cc1cccc2ccccc12.Cc1ccccc1. The summed E-state index contributed by atoms with van der Waals surface area (Å²) in [5.74, 6) is 0. The van der Waals surface area contributed by atoms with Crippen LogP contribution < -0.4 is 0 Å². The first kappa shape index (κ1) is 23.5. The number of halogens is 1. The summed E-state index contributed by atoms with van der Waals surface area (Å²) in [5, 5.41) is 2.68. The molecule has 5 aromatic carbocycles. The summed E-state index contributed by atoms with van der Waals surface area (Å²) in [7, 11) is 0. The molecule has 0 heterocycles. The van der Waals surface area contributed by atoms with E-state index in [-0.39, 0.29) is 0 Å². The van der Waals surface area contributed by atoms with E-state index < -0.39 is 0 Å². The number of fused-ring (bicyclic) bond motifs is 1. The summed E-state index contributed by atoms with van der Waals surface area (Å²) < 4.78 is 1.12. The Bertz CT molecular complexity index is 1170. The second-order valence-electron chi connectivity index (χ2n) is 7.82. The second kappa shape index (κ2) is 12.0. The van der Waals surface area contributed by atoms with Gasteiger partial charge in [-0.1, -0.05) is 136 Å². The third-order valence-corrected chi connectivity index (χ3v) is 5.71. The van der Waals surface area contributed by atoms with Crippen molar-refractivity contribution in [1.29, 1.82) is 0 Å². The van der Waals surface area contributed by atoms with Crippen molar-refractivity contribution in [3.05, 3.63) is 142 Å². The minimum atomic E-state index is 1.12. The van der Waals surface area contributed by atoms with Gasteiger partial charge in [0.05, 0.1) is 0 Å². The molecular weight excluding hydrogens is 452 g/mol. The first-order valence-electron chi connectivity index (χ1n) is 10.8. The molecule has 0 N–H and O–H groups in total. The van der Waals surface area contributed by atoms with Gasteiger partial charge in [-0.25, -0.2) is 0 Å². The van der Waals surface area contributed by atoms with Crippen LogP contribution in [0.5, 0.6) is 0 Å². The molecule has 0 unspecified atom stereocenters. The smallest absolute Gasteiger partial charge is 0.0175 e. The van der Waals surface area contributed by atoms with Crippen LogP contribution in [0.1, 0.15) is 16.7 Å². The third kappa shape index (κ3) is 7.21. The van der Waals surface area contributed by atoms with Crippen LogP contribution in [0, 0.1) is 20.8 Å². The Hall–Kier alpha value is -3.16. The predicted octanol–water partition coefficient (Wildman–Crippen LogP) is 9.57. The van der Waals surface area contributed by atoms with Crippen LogP contribution in [-0.2, 0) is 0 Å². The molecule has 0 aliphatic heterocycles. The summed E-state index contributed by atoms with van der Waals surface area (Å²) in [6.45, 7) is 6.33. The maximum atomic E-state index is 3.43. The normalized spacial score (nSPS) is 9.88. The summed E-state index contributed by atoms with van der Waals surface area (Å²) in [5.41, 5.74) is 6.49. The minimum Gasteiger partial charge on any atom is -0.0622 e. The van der Waals surface area contributed by atoms with Gasteiger partial charge in [-0.15, -0.1) is 0 Å². The van der Waals surface area contributed by atoms with Crippen LogP contribution in [0.15, 0.2) is 126 Å². The monoisotopic (exact) mass is 480 g/mol. The molecule has 1 heteroatoms. The van der Waals surface area contributed by atoms with Crippen molar-refractivity contribution in [3.63, 3.8) is 0 Å². The van der Waals surface area contributed by atoms with Crippen molar-refractivity contribution in [2.24, 2.45) is 0 Å². The van der Waals surface area contributed by atoms with Crippen molar-refractivity contribution in [2.75, 3.05) is 0 Å². The van der Waals surface area contributed by atoms with Crippen molar-refractivity contribution < 1.29 is 0 Å². The quantitative estimate of drug-likeness (QED) is 0.224. The molecule has 0 amide bonds. The van der Waals surface area contributed by atoms with E-state index in [1.54, 1.807) is 0 Å². The molecule has 32 heavy (non-hydrogen) atoms. The zero-order valence-electron chi connectivity index (χ0n) is 18.9. The zero-order valence-corrected chi connectivity index (χ0v) is 20.5. The molecule has 0 saturated carbocycles. The van der Waals surface area contributed by atoms with Gasteiger partial charge in [0.15, 0.2) is 0 Å². The highest BCUT2D eigenvalue weighted by Crippen LogP contribution is 2.21. The van der Waals surface area contributed by atoms with Gasteiger partial charge in [-0.05, 0) is 60.4 Å². The Morgan fingerprint density at radius 1 is 0.438 bits per heavy atom. The van der Waals surface area contributed by atoms with Crippen LogP contribution in [0.3, 0.4) is 0 Å². The highest BCUT2D eigenvalue weighted by atomic mass is 79.9. The average Bonchev–Trinajstić information content (AvgIpc) is 2.82. The Morgan fingerprint density at radius 3 is 1.50 bits per heavy atom. The maximum absolute atomic E-state index is 3.43. The van der Waals surface area contributed by atoms with Crippen LogP contribution in [0.25, 0.3) is 21.9 Å². The molecule has 0 spiro atoms. The van der Waals surface area contributed by atoms with E-state index in [0.717, 1.165) is 4.47 Å². The van der Waals surface area contributed by atoms with Gasteiger partial charge >= 0.3 is 0 Å². The molecule has 0 fully saturated rings. The molecule has 160 valence electrons. The summed E-state index contributed by atoms with van der Waals surface area (Å²) in [6, 6.07) is 42.0. The standard InChI is InChI=1S/C13H11Br.C11H10.C7H8/c1-10-2-4-11(5-3-10)12-6-8-13(14)9-7-12;1-9-5-4-7-10-6-2-3-8-11(9)10;1-7-5-3-2-4-6-7/h2-9H,1H3;2-8H,1H3;2-6H,1H3. The average molecular weight is 481 g/mol. The molecule has 0 aliphatic rings. The van der Waals surface area contributed by atoms with E-state index in [1.165, 1.54) is 38.6 Å². The highest BCUT2D eigenvalue weighted by Gasteiger charge is 1.96. The van der Waals surface area contributed by atoms with E-state index >= 15 is 0 Å². The second-order valence-corrected chi connectivity index (χ2v) is 8.74. The van der Waals surface area contributed by atoms with Crippen molar-refractivity contribution >= 4 is 26.7 Å². The fourth-order valence-electron chi connectivity index (χ4n) is 3.31. The third-order valence-electron chi connectivity index (χ3n) is 5.18. The summed E-state index contributed by atoms with van der Waals surface area (Å²) in [4.78, 5) is 0. The largest absolute Gasteiger partial charge is 0.0622 e. The van der Waals surface area contributed by atoms with Gasteiger partial charge in [0.25, 0.3) is 0 Å². The molecule has 0 nitrogen and oxygen atoms in total. The molecular formula is C31H29Br. The lowest BCUT2D eigenvalue weighted by Gasteiger charge is -2.01. The topological polar surface area (TPSA) is 0 Å². The van der Waals surface area contributed by atoms with Gasteiger partial charge in [0, 0.05) is 4.47 Å². The maximum Gasteiger partial charge on any atom is 0.0175 e. The molecule has 0 atom stereocenters. The number of rotatable bonds is 1. The van der Waals surface area contributed by atoms with E-state index in [9.17, 15) is 0 Å². The Kier molecular flexibility index (Phi) is 8.83. The van der Waals surface area contributed by atoms with Gasteiger partial charge < -0.3 is 0 Å². The van der Waals surface area contributed by atoms with E-state index in [2.05, 4.69) is 140 Å². The van der Waals surface area contributed by atoms with Crippen LogP contribution >= 0.6 is 15.9 Å². The lowest BCUT2D eigenvalue weighted by Crippen LogP contribution is -1.77. The Morgan fingerprint density at radius 2 is 0.938 bits per heavy atom. The molecule has 0 aromatic heterocycles. The van der Waals surface area contributed by atoms with E-state index in [1.807, 2.05) is 18.2 Å². The van der Waals surface area contributed by atoms with Crippen LogP contribution in [0.4, 0.5) is 0 Å². The first-order valence-corrected chi connectivity index (χ1v) is 11.6. The van der Waals surface area contributed by atoms with Gasteiger partial charge in [-0.3, -0.25) is 0 Å². The molecule has 5 aromatic rings. The highest BCUT2D eigenvalue weighted by molar-refractivity contribution is 9.10. The molecule has 0 bridgehead atoms. The van der Waals surface area contributed by atoms with E-state index in [0.29, 0.717) is 0 Å². The van der Waals surface area contributed by atoms with Gasteiger partial charge in [-0.2, -0.15) is 0 Å². The fourth-order valence-corrected chi connectivity index (χ4v) is 3.57. The summed E-state index contributed by atoms with van der Waals surface area (Å²) in [6.07, 6.45) is 0. The van der Waals surface area contributed by atoms with Gasteiger partial charge in [0.1, 0.15) is 0 Å². The lowest BCUT2D eigenvalue weighted by atomic mass is 10.0. The van der Waals surface area contributed by atoms with E-state index in [4.69, 9.17) is 0 Å². The first-order chi connectivity index (χ1) is 15.5. The van der Waals surface area contributed by atoms with Crippen LogP contribution in [-0.4, -0.2) is 0 Å². The Balaban J connectivity index is 0.000000143. The van der Waals surface area contributed by atoms with Crippen molar-refractivity contribution in [3.8, 4) is 11.1 Å². The summed E-state index contributed by atoms with van der Waals surface area (Å²) >= 11 is 3.43. The zero-order chi connectivity index (χ0) is 22.8. The fraction of sp³-hybridized carbons (Fsp3) is 0.0968. The number of hydrogen-bond acceptors (Lipinski definition) is 0. The molecule has 0 radical (unpaired) electrons. The van der Waals surface area contributed by atoms with Crippen LogP contribution in [0.2, 0.25) is 0 Å². The number of hydrogen-bond donors (Lipinski definition) is 0. The van der Waals surface area contributed by atoms with Gasteiger partial charge in [0.2, 0.25) is 0 Å². The van der Waals surface area contributed by atoms with Crippen molar-refractivity contribution in [1.82, 2.24) is 0 Å². The minimum absolute atomic E-state index is 1.12. The molecule has 5 rings (SSSR count). The lowest BCUT2D eigenvalue weighted by molar-refractivity contribution is 1.47. The predicted molar refractivity (Wildman–Crippen MR) is 144 cm³/mol. The molecule has 0 aliphatic carbocycles.